The number of hydrogen-bond donors (Lipinski definition) is 3. The molecule has 162 valence electrons. The Balaban J connectivity index is 1.52. The van der Waals surface area contributed by atoms with Crippen molar-refractivity contribution in [2.75, 3.05) is 23.7 Å². The van der Waals surface area contributed by atoms with E-state index in [1.807, 2.05) is 0 Å². The molecular formula is C20H16ClF3N4O2S. The average molecular weight is 469 g/mol. The van der Waals surface area contributed by atoms with E-state index in [9.17, 15) is 22.8 Å². The first kappa shape index (κ1) is 22.6. The molecule has 0 aliphatic carbocycles. The van der Waals surface area contributed by atoms with Gasteiger partial charge in [0.15, 0.2) is 0 Å². The van der Waals surface area contributed by atoms with E-state index in [4.69, 9.17) is 11.6 Å². The molecule has 0 aliphatic rings. The number of anilines is 2. The lowest BCUT2D eigenvalue weighted by Crippen LogP contribution is -2.29. The molecule has 0 atom stereocenters. The molecule has 0 radical (unpaired) electrons. The number of nitrogens with zero attached hydrogens (tertiary/aromatic N) is 1. The normalized spacial score (nSPS) is 11.1. The number of carbonyl (C=O) groups is 2. The third-order valence-corrected chi connectivity index (χ3v) is 5.23. The Kier molecular flexibility index (Phi) is 7.13. The number of nitrogens with one attached hydrogen (secondary N) is 3. The van der Waals surface area contributed by atoms with E-state index in [2.05, 4.69) is 20.9 Å². The molecule has 1 aromatic carbocycles. The van der Waals surface area contributed by atoms with Crippen LogP contribution in [0.15, 0.2) is 54.0 Å². The molecule has 0 saturated carbocycles. The van der Waals surface area contributed by atoms with Crippen LogP contribution in [0.25, 0.3) is 0 Å². The van der Waals surface area contributed by atoms with Crippen LogP contribution in [0.4, 0.5) is 24.7 Å². The summed E-state index contributed by atoms with van der Waals surface area (Å²) in [6, 6.07) is 10.0. The summed E-state index contributed by atoms with van der Waals surface area (Å²) in [4.78, 5) is 28.7. The van der Waals surface area contributed by atoms with Crippen molar-refractivity contribution in [3.8, 4) is 0 Å². The zero-order chi connectivity index (χ0) is 22.4. The van der Waals surface area contributed by atoms with Gasteiger partial charge < -0.3 is 16.0 Å². The first-order valence-corrected chi connectivity index (χ1v) is 10.2. The Bertz CT molecular complexity index is 1060. The van der Waals surface area contributed by atoms with Crippen molar-refractivity contribution in [1.82, 2.24) is 10.3 Å². The van der Waals surface area contributed by atoms with Crippen molar-refractivity contribution in [2.45, 2.75) is 6.18 Å². The van der Waals surface area contributed by atoms with Gasteiger partial charge in [-0.15, -0.1) is 11.3 Å². The molecule has 2 amide bonds. The number of aromatic nitrogens is 1. The maximum absolute atomic E-state index is 12.5. The second-order valence-corrected chi connectivity index (χ2v) is 7.59. The molecule has 31 heavy (non-hydrogen) atoms. The number of carbonyl (C=O) groups excluding carboxylic acids is 2. The summed E-state index contributed by atoms with van der Waals surface area (Å²) >= 11 is 7.39. The molecule has 0 saturated heterocycles. The summed E-state index contributed by atoms with van der Waals surface area (Å²) in [5, 5.41) is 10.2. The Morgan fingerprint density at radius 1 is 1.06 bits per heavy atom. The highest BCUT2D eigenvalue weighted by Gasteiger charge is 2.30. The minimum atomic E-state index is -4.44. The fourth-order valence-electron chi connectivity index (χ4n) is 2.49. The van der Waals surface area contributed by atoms with E-state index in [0.29, 0.717) is 16.1 Å². The molecule has 6 nitrogen and oxygen atoms in total. The number of halogens is 4. The lowest BCUT2D eigenvalue weighted by Gasteiger charge is -2.11. The Morgan fingerprint density at radius 3 is 2.52 bits per heavy atom. The molecule has 3 aromatic rings. The third-order valence-electron chi connectivity index (χ3n) is 4.03. The molecule has 0 spiro atoms. The summed E-state index contributed by atoms with van der Waals surface area (Å²) in [6.45, 7) is 0.445. The van der Waals surface area contributed by atoms with Gasteiger partial charge in [-0.3, -0.25) is 9.59 Å². The SMILES string of the molecule is O=C(NCCNc1ccc(C(F)(F)F)cn1)c1ccc(Cl)c(NC(=O)c2cccs2)c1. The van der Waals surface area contributed by atoms with Crippen LogP contribution in [0.3, 0.4) is 0 Å². The standard InChI is InChI=1S/C20H16ClF3N4O2S/c21-14-5-3-12(10-15(14)28-19(30)16-2-1-9-31-16)18(29)26-8-7-25-17-6-4-13(11-27-17)20(22,23)24/h1-6,9-11H,7-8H2,(H,25,27)(H,26,29)(H,28,30). The second-order valence-electron chi connectivity index (χ2n) is 6.24. The van der Waals surface area contributed by atoms with Crippen LogP contribution < -0.4 is 16.0 Å². The highest BCUT2D eigenvalue weighted by atomic mass is 35.5. The maximum atomic E-state index is 12.5. The van der Waals surface area contributed by atoms with Gasteiger partial charge in [-0.1, -0.05) is 17.7 Å². The van der Waals surface area contributed by atoms with Crippen molar-refractivity contribution in [3.63, 3.8) is 0 Å². The summed E-state index contributed by atoms with van der Waals surface area (Å²) in [5.74, 6) is -0.472. The smallest absolute Gasteiger partial charge is 0.368 e. The number of rotatable bonds is 7. The predicted molar refractivity (Wildman–Crippen MR) is 114 cm³/mol. The van der Waals surface area contributed by atoms with Crippen molar-refractivity contribution < 1.29 is 22.8 Å². The molecule has 0 aliphatic heterocycles. The summed E-state index contributed by atoms with van der Waals surface area (Å²) < 4.78 is 37.6. The molecule has 0 unspecified atom stereocenters. The van der Waals surface area contributed by atoms with Gasteiger partial charge in [-0.2, -0.15) is 13.2 Å². The van der Waals surface area contributed by atoms with Crippen LogP contribution >= 0.6 is 22.9 Å². The summed E-state index contributed by atoms with van der Waals surface area (Å²) in [6.07, 6.45) is -3.71. The van der Waals surface area contributed by atoms with Crippen molar-refractivity contribution in [3.05, 3.63) is 75.1 Å². The van der Waals surface area contributed by atoms with E-state index >= 15 is 0 Å². The Hall–Kier alpha value is -3.11. The van der Waals surface area contributed by atoms with Gasteiger partial charge in [0.05, 0.1) is 21.2 Å². The Labute approximate surface area is 184 Å². The number of alkyl halides is 3. The van der Waals surface area contributed by atoms with Crippen LogP contribution in [0, 0.1) is 0 Å². The van der Waals surface area contributed by atoms with Gasteiger partial charge in [-0.25, -0.2) is 4.98 Å². The summed E-state index contributed by atoms with van der Waals surface area (Å²) in [5.41, 5.74) is -0.241. The lowest BCUT2D eigenvalue weighted by molar-refractivity contribution is -0.137. The van der Waals surface area contributed by atoms with Crippen molar-refractivity contribution in [2.24, 2.45) is 0 Å². The van der Waals surface area contributed by atoms with Crippen molar-refractivity contribution >= 4 is 46.3 Å². The fraction of sp³-hybridized carbons (Fsp3) is 0.150. The second kappa shape index (κ2) is 9.80. The molecule has 0 bridgehead atoms. The van der Waals surface area contributed by atoms with Gasteiger partial charge >= 0.3 is 6.18 Å². The molecule has 3 rings (SSSR count). The Morgan fingerprint density at radius 2 is 1.87 bits per heavy atom. The molecule has 0 fully saturated rings. The van der Waals surface area contributed by atoms with E-state index in [-0.39, 0.29) is 29.8 Å². The van der Waals surface area contributed by atoms with Gasteiger partial charge in [0, 0.05) is 24.8 Å². The molecule has 3 N–H and O–H groups in total. The largest absolute Gasteiger partial charge is 0.417 e. The van der Waals surface area contributed by atoms with Gasteiger partial charge in [0.2, 0.25) is 0 Å². The fourth-order valence-corrected chi connectivity index (χ4v) is 3.27. The minimum Gasteiger partial charge on any atom is -0.368 e. The van der Waals surface area contributed by atoms with E-state index in [1.54, 1.807) is 17.5 Å². The van der Waals surface area contributed by atoms with E-state index < -0.39 is 17.6 Å². The highest BCUT2D eigenvalue weighted by molar-refractivity contribution is 7.12. The first-order valence-electron chi connectivity index (χ1n) is 8.94. The monoisotopic (exact) mass is 468 g/mol. The average Bonchev–Trinajstić information content (AvgIpc) is 3.27. The van der Waals surface area contributed by atoms with Crippen LogP contribution in [0.1, 0.15) is 25.6 Å². The van der Waals surface area contributed by atoms with Gasteiger partial charge in [-0.05, 0) is 41.8 Å². The van der Waals surface area contributed by atoms with Gasteiger partial charge in [0.1, 0.15) is 5.82 Å². The van der Waals surface area contributed by atoms with E-state index in [0.717, 1.165) is 12.3 Å². The number of thiophene rings is 1. The first-order chi connectivity index (χ1) is 14.7. The van der Waals surface area contributed by atoms with Crippen LogP contribution in [0.5, 0.6) is 0 Å². The van der Waals surface area contributed by atoms with Gasteiger partial charge in [0.25, 0.3) is 11.8 Å². The number of amides is 2. The number of hydrogen-bond acceptors (Lipinski definition) is 5. The predicted octanol–water partition coefficient (Wildman–Crippen LogP) is 4.91. The van der Waals surface area contributed by atoms with Crippen LogP contribution in [-0.2, 0) is 6.18 Å². The zero-order valence-electron chi connectivity index (χ0n) is 15.8. The maximum Gasteiger partial charge on any atom is 0.417 e. The quantitative estimate of drug-likeness (QED) is 0.430. The molecule has 2 heterocycles. The minimum absolute atomic E-state index is 0.195. The highest BCUT2D eigenvalue weighted by Crippen LogP contribution is 2.28. The topological polar surface area (TPSA) is 83.1 Å². The number of pyridine rings is 1. The lowest BCUT2D eigenvalue weighted by atomic mass is 10.2. The summed E-state index contributed by atoms with van der Waals surface area (Å²) in [7, 11) is 0. The molecule has 11 heteroatoms. The molecular weight excluding hydrogens is 453 g/mol. The third kappa shape index (κ3) is 6.19. The van der Waals surface area contributed by atoms with Crippen molar-refractivity contribution in [1.29, 1.82) is 0 Å². The zero-order valence-corrected chi connectivity index (χ0v) is 17.4. The molecule has 2 aromatic heterocycles. The van der Waals surface area contributed by atoms with E-state index in [1.165, 1.54) is 35.6 Å². The van der Waals surface area contributed by atoms with Crippen LogP contribution in [-0.4, -0.2) is 29.9 Å². The van der Waals surface area contributed by atoms with Crippen LogP contribution in [0.2, 0.25) is 5.02 Å². The number of benzene rings is 1.